The zero-order valence-corrected chi connectivity index (χ0v) is 32.4. The minimum atomic E-state index is -4.36. The third kappa shape index (κ3) is 37.1. The number of carbonyl (C=O) groups is 1. The number of aliphatic hydroxyl groups excluding tert-OH is 1. The van der Waals surface area contributed by atoms with Crippen molar-refractivity contribution >= 4 is 16.0 Å². The summed E-state index contributed by atoms with van der Waals surface area (Å²) >= 11 is 0. The van der Waals surface area contributed by atoms with Gasteiger partial charge in [-0.15, -0.1) is 0 Å². The molecule has 6 nitrogen and oxygen atoms in total. The van der Waals surface area contributed by atoms with Gasteiger partial charge in [0.1, 0.15) is 0 Å². The van der Waals surface area contributed by atoms with E-state index in [9.17, 15) is 22.9 Å². The van der Waals surface area contributed by atoms with Crippen LogP contribution in [0.1, 0.15) is 181 Å². The summed E-state index contributed by atoms with van der Waals surface area (Å²) in [4.78, 5) is 12.5. The summed E-state index contributed by atoms with van der Waals surface area (Å²) in [5, 5.41) is 13.2. The Labute approximate surface area is 302 Å². The second-order valence-electron chi connectivity index (χ2n) is 13.5. The van der Waals surface area contributed by atoms with Gasteiger partial charge in [-0.3, -0.25) is 9.35 Å². The molecule has 7 heteroatoms. The molecule has 1 amide bonds. The van der Waals surface area contributed by atoms with Gasteiger partial charge in [0.05, 0.1) is 17.9 Å². The second kappa shape index (κ2) is 35.9. The van der Waals surface area contributed by atoms with Crippen molar-refractivity contribution < 1.29 is 22.9 Å². The average molecular weight is 706 g/mol. The number of hydrogen-bond donors (Lipinski definition) is 3. The number of carbonyl (C=O) groups excluding carboxylic acids is 1. The quantitative estimate of drug-likeness (QED) is 0.0346. The van der Waals surface area contributed by atoms with Crippen molar-refractivity contribution in [2.45, 2.75) is 193 Å². The lowest BCUT2D eigenvalue weighted by Gasteiger charge is -2.21. The van der Waals surface area contributed by atoms with Crippen molar-refractivity contribution in [1.82, 2.24) is 5.32 Å². The van der Waals surface area contributed by atoms with Gasteiger partial charge >= 0.3 is 0 Å². The molecule has 49 heavy (non-hydrogen) atoms. The summed E-state index contributed by atoms with van der Waals surface area (Å²) in [7, 11) is -4.36. The minimum absolute atomic E-state index is 0.273. The van der Waals surface area contributed by atoms with Gasteiger partial charge in [-0.2, -0.15) is 8.42 Å². The normalized spacial score (nSPS) is 14.0. The highest BCUT2D eigenvalue weighted by molar-refractivity contribution is 7.85. The molecule has 0 radical (unpaired) electrons. The van der Waals surface area contributed by atoms with E-state index in [2.05, 4.69) is 67.8 Å². The Morgan fingerprint density at radius 1 is 0.551 bits per heavy atom. The molecule has 0 aromatic heterocycles. The fourth-order valence-corrected chi connectivity index (χ4v) is 6.36. The SMILES string of the molecule is CCCCCC/C=C\C/C=C\CCCCCCCCCC(=O)NC(CS(=O)(=O)O)C(O)/C=C/CC/C=C/CC/C=C/CCCCCCCC. The fourth-order valence-electron chi connectivity index (χ4n) is 5.63. The van der Waals surface area contributed by atoms with Crippen LogP contribution in [0, 0.1) is 0 Å². The highest BCUT2D eigenvalue weighted by Crippen LogP contribution is 2.12. The van der Waals surface area contributed by atoms with Gasteiger partial charge in [-0.25, -0.2) is 0 Å². The number of amides is 1. The molecular weight excluding hydrogens is 631 g/mol. The Balaban J connectivity index is 4.04. The van der Waals surface area contributed by atoms with E-state index < -0.39 is 28.0 Å². The van der Waals surface area contributed by atoms with Gasteiger partial charge in [0, 0.05) is 6.42 Å². The molecule has 0 bridgehead atoms. The summed E-state index contributed by atoms with van der Waals surface area (Å²) < 4.78 is 32.4. The maximum atomic E-state index is 12.5. The van der Waals surface area contributed by atoms with Crippen LogP contribution < -0.4 is 5.32 Å². The zero-order chi connectivity index (χ0) is 36.1. The maximum absolute atomic E-state index is 12.5. The van der Waals surface area contributed by atoms with E-state index in [4.69, 9.17) is 0 Å². The lowest BCUT2D eigenvalue weighted by molar-refractivity contribution is -0.122. The Hall–Kier alpha value is -1.96. The number of aliphatic hydroxyl groups is 1. The molecule has 0 fully saturated rings. The third-order valence-electron chi connectivity index (χ3n) is 8.64. The number of hydrogen-bond acceptors (Lipinski definition) is 4. The molecule has 2 unspecified atom stereocenters. The predicted molar refractivity (Wildman–Crippen MR) is 211 cm³/mol. The van der Waals surface area contributed by atoms with Crippen LogP contribution in [0.15, 0.2) is 60.8 Å². The molecule has 0 saturated heterocycles. The molecule has 0 rings (SSSR count). The molecule has 0 aliphatic carbocycles. The Kier molecular flexibility index (Phi) is 34.4. The van der Waals surface area contributed by atoms with Gasteiger partial charge < -0.3 is 10.4 Å². The summed E-state index contributed by atoms with van der Waals surface area (Å²) in [5.74, 6) is -1.02. The Morgan fingerprint density at radius 3 is 1.43 bits per heavy atom. The van der Waals surface area contributed by atoms with E-state index in [1.165, 1.54) is 102 Å². The van der Waals surface area contributed by atoms with Crippen molar-refractivity contribution in [2.75, 3.05) is 5.75 Å². The van der Waals surface area contributed by atoms with Crippen LogP contribution in [0.2, 0.25) is 0 Å². The monoisotopic (exact) mass is 706 g/mol. The predicted octanol–water partition coefficient (Wildman–Crippen LogP) is 11.7. The first-order chi connectivity index (χ1) is 23.8. The molecule has 0 aliphatic heterocycles. The van der Waals surface area contributed by atoms with E-state index in [-0.39, 0.29) is 12.3 Å². The van der Waals surface area contributed by atoms with Gasteiger partial charge in [0.15, 0.2) is 0 Å². The van der Waals surface area contributed by atoms with E-state index in [0.717, 1.165) is 51.4 Å². The molecule has 0 spiro atoms. The lowest BCUT2D eigenvalue weighted by Crippen LogP contribution is -2.46. The van der Waals surface area contributed by atoms with Crippen molar-refractivity contribution in [2.24, 2.45) is 0 Å². The van der Waals surface area contributed by atoms with Crippen LogP contribution in [0.4, 0.5) is 0 Å². The second-order valence-corrected chi connectivity index (χ2v) is 15.0. The summed E-state index contributed by atoms with van der Waals surface area (Å²) in [5.41, 5.74) is 0. The number of rotatable bonds is 35. The van der Waals surface area contributed by atoms with Crippen molar-refractivity contribution in [1.29, 1.82) is 0 Å². The standard InChI is InChI=1S/C42H75NO5S/c1-3-5-7-9-11-13-15-17-19-21-22-24-26-28-30-32-34-36-38-42(45)43-40(39-49(46,47)48)41(44)37-35-33-31-29-27-25-23-20-18-16-14-12-10-8-6-4-2/h13,15,18-21,27,29,35,37,40-41,44H,3-12,14,16-17,22-26,28,30-34,36,38-39H2,1-2H3,(H,43,45)(H,46,47,48)/b15-13-,20-18+,21-19-,29-27+,37-35+. The molecular formula is C42H75NO5S. The van der Waals surface area contributed by atoms with E-state index in [1.807, 2.05) is 0 Å². The van der Waals surface area contributed by atoms with Gasteiger partial charge in [-0.05, 0) is 77.0 Å². The smallest absolute Gasteiger partial charge is 0.267 e. The first-order valence-electron chi connectivity index (χ1n) is 20.0. The first kappa shape index (κ1) is 47.0. The lowest BCUT2D eigenvalue weighted by atomic mass is 10.1. The van der Waals surface area contributed by atoms with Crippen LogP contribution in [0.5, 0.6) is 0 Å². The van der Waals surface area contributed by atoms with Crippen molar-refractivity contribution in [3.63, 3.8) is 0 Å². The molecule has 0 saturated carbocycles. The van der Waals surface area contributed by atoms with E-state index in [0.29, 0.717) is 12.8 Å². The number of allylic oxidation sites excluding steroid dienone is 9. The van der Waals surface area contributed by atoms with E-state index >= 15 is 0 Å². The molecule has 0 aromatic rings. The van der Waals surface area contributed by atoms with Crippen LogP contribution in [0.25, 0.3) is 0 Å². The van der Waals surface area contributed by atoms with Gasteiger partial charge in [0.25, 0.3) is 10.1 Å². The Morgan fingerprint density at radius 2 is 0.939 bits per heavy atom. The minimum Gasteiger partial charge on any atom is -0.387 e. The first-order valence-corrected chi connectivity index (χ1v) is 21.6. The van der Waals surface area contributed by atoms with Crippen LogP contribution >= 0.6 is 0 Å². The van der Waals surface area contributed by atoms with Gasteiger partial charge in [0.2, 0.25) is 5.91 Å². The number of nitrogens with one attached hydrogen (secondary N) is 1. The molecule has 2 atom stereocenters. The van der Waals surface area contributed by atoms with Crippen molar-refractivity contribution in [3.8, 4) is 0 Å². The average Bonchev–Trinajstić information content (AvgIpc) is 3.06. The third-order valence-corrected chi connectivity index (χ3v) is 9.42. The zero-order valence-electron chi connectivity index (χ0n) is 31.5. The molecule has 284 valence electrons. The van der Waals surface area contributed by atoms with Crippen LogP contribution in [-0.2, 0) is 14.9 Å². The molecule has 0 aromatic carbocycles. The highest BCUT2D eigenvalue weighted by Gasteiger charge is 2.24. The summed E-state index contributed by atoms with van der Waals surface area (Å²) in [6.07, 6.45) is 49.1. The van der Waals surface area contributed by atoms with Crippen molar-refractivity contribution in [3.05, 3.63) is 60.8 Å². The largest absolute Gasteiger partial charge is 0.387 e. The Bertz CT molecular complexity index is 999. The maximum Gasteiger partial charge on any atom is 0.267 e. The summed E-state index contributed by atoms with van der Waals surface area (Å²) in [6.45, 7) is 4.49. The van der Waals surface area contributed by atoms with Crippen LogP contribution in [-0.4, -0.2) is 41.9 Å². The molecule has 0 aliphatic rings. The topological polar surface area (TPSA) is 104 Å². The number of unbranched alkanes of at least 4 members (excludes halogenated alkanes) is 19. The molecule has 3 N–H and O–H groups in total. The summed E-state index contributed by atoms with van der Waals surface area (Å²) in [6, 6.07) is -1.09. The fraction of sp³-hybridized carbons (Fsp3) is 0.738. The van der Waals surface area contributed by atoms with Gasteiger partial charge in [-0.1, -0.05) is 158 Å². The molecule has 0 heterocycles. The van der Waals surface area contributed by atoms with E-state index in [1.54, 1.807) is 6.08 Å². The highest BCUT2D eigenvalue weighted by atomic mass is 32.2. The van der Waals surface area contributed by atoms with Crippen LogP contribution in [0.3, 0.4) is 0 Å².